The SMILES string of the molecule is C=C(C)C(=O)OC(C)C(=O)OC1(c2cccs2)CCCCC1. The van der Waals surface area contributed by atoms with Gasteiger partial charge in [-0.15, -0.1) is 11.3 Å². The van der Waals surface area contributed by atoms with Crippen molar-refractivity contribution in [2.75, 3.05) is 0 Å². The number of hydrogen-bond acceptors (Lipinski definition) is 5. The van der Waals surface area contributed by atoms with Gasteiger partial charge in [0.2, 0.25) is 0 Å². The first-order valence-corrected chi connectivity index (χ1v) is 8.46. The summed E-state index contributed by atoms with van der Waals surface area (Å²) in [6.45, 7) is 6.60. The molecule has 1 aromatic heterocycles. The molecule has 0 bridgehead atoms. The normalized spacial score (nSPS) is 18.3. The number of thiophene rings is 1. The van der Waals surface area contributed by atoms with Crippen molar-refractivity contribution >= 4 is 23.3 Å². The predicted octanol–water partition coefficient (Wildman–Crippen LogP) is 3.96. The van der Waals surface area contributed by atoms with Gasteiger partial charge in [0.05, 0.1) is 0 Å². The van der Waals surface area contributed by atoms with Crippen LogP contribution in [0.25, 0.3) is 0 Å². The predicted molar refractivity (Wildman–Crippen MR) is 85.5 cm³/mol. The van der Waals surface area contributed by atoms with Gasteiger partial charge in [0, 0.05) is 10.5 Å². The van der Waals surface area contributed by atoms with Gasteiger partial charge >= 0.3 is 11.9 Å². The molecule has 5 heteroatoms. The minimum absolute atomic E-state index is 0.269. The van der Waals surface area contributed by atoms with Crippen molar-refractivity contribution < 1.29 is 19.1 Å². The molecule has 1 unspecified atom stereocenters. The lowest BCUT2D eigenvalue weighted by molar-refractivity contribution is -0.180. The summed E-state index contributed by atoms with van der Waals surface area (Å²) in [6, 6.07) is 3.97. The molecule has 0 N–H and O–H groups in total. The highest BCUT2D eigenvalue weighted by atomic mass is 32.1. The van der Waals surface area contributed by atoms with Crippen LogP contribution in [0.3, 0.4) is 0 Å². The number of ether oxygens (including phenoxy) is 2. The fraction of sp³-hybridized carbons (Fsp3) is 0.529. The van der Waals surface area contributed by atoms with Crippen LogP contribution in [0.2, 0.25) is 0 Å². The lowest BCUT2D eigenvalue weighted by atomic mass is 9.83. The van der Waals surface area contributed by atoms with Crippen LogP contribution in [-0.2, 0) is 24.7 Å². The second-order valence-corrected chi connectivity index (χ2v) is 6.73. The fourth-order valence-electron chi connectivity index (χ4n) is 2.64. The van der Waals surface area contributed by atoms with Gasteiger partial charge in [-0.1, -0.05) is 19.1 Å². The Morgan fingerprint density at radius 3 is 2.55 bits per heavy atom. The smallest absolute Gasteiger partial charge is 0.348 e. The zero-order valence-corrected chi connectivity index (χ0v) is 13.9. The van der Waals surface area contributed by atoms with Gasteiger partial charge in [0.15, 0.2) is 6.10 Å². The molecule has 0 spiro atoms. The fourth-order valence-corrected chi connectivity index (χ4v) is 3.57. The number of carbonyl (C=O) groups excluding carboxylic acids is 2. The van der Waals surface area contributed by atoms with Crippen molar-refractivity contribution in [2.24, 2.45) is 0 Å². The number of esters is 2. The zero-order valence-electron chi connectivity index (χ0n) is 13.1. The lowest BCUT2D eigenvalue weighted by Crippen LogP contribution is -2.38. The van der Waals surface area contributed by atoms with E-state index < -0.39 is 23.6 Å². The molecule has 1 aromatic rings. The third-order valence-electron chi connectivity index (χ3n) is 3.89. The summed E-state index contributed by atoms with van der Waals surface area (Å²) in [7, 11) is 0. The monoisotopic (exact) mass is 322 g/mol. The molecule has 120 valence electrons. The molecule has 0 aromatic carbocycles. The van der Waals surface area contributed by atoms with Gasteiger partial charge in [-0.25, -0.2) is 9.59 Å². The largest absolute Gasteiger partial charge is 0.451 e. The maximum Gasteiger partial charge on any atom is 0.348 e. The van der Waals surface area contributed by atoms with Crippen molar-refractivity contribution in [3.8, 4) is 0 Å². The summed E-state index contributed by atoms with van der Waals surface area (Å²) in [4.78, 5) is 24.9. The molecule has 1 aliphatic carbocycles. The Labute approximate surface area is 135 Å². The van der Waals surface area contributed by atoms with Gasteiger partial charge < -0.3 is 9.47 Å². The summed E-state index contributed by atoms with van der Waals surface area (Å²) >= 11 is 1.60. The molecule has 0 aliphatic heterocycles. The van der Waals surface area contributed by atoms with E-state index in [2.05, 4.69) is 6.58 Å². The first kappa shape index (κ1) is 16.7. The minimum atomic E-state index is -0.928. The second-order valence-electron chi connectivity index (χ2n) is 5.78. The molecular weight excluding hydrogens is 300 g/mol. The molecule has 0 radical (unpaired) electrons. The van der Waals surface area contributed by atoms with Crippen LogP contribution in [0.15, 0.2) is 29.7 Å². The Bertz CT molecular complexity index is 541. The van der Waals surface area contributed by atoms with Crippen LogP contribution in [0.4, 0.5) is 0 Å². The molecule has 22 heavy (non-hydrogen) atoms. The molecule has 2 rings (SSSR count). The molecule has 0 saturated heterocycles. The lowest BCUT2D eigenvalue weighted by Gasteiger charge is -2.36. The third kappa shape index (κ3) is 3.77. The maximum atomic E-state index is 12.3. The van der Waals surface area contributed by atoms with Crippen LogP contribution in [0.1, 0.15) is 50.8 Å². The average Bonchev–Trinajstić information content (AvgIpc) is 3.02. The summed E-state index contributed by atoms with van der Waals surface area (Å²) in [5, 5.41) is 1.99. The summed E-state index contributed by atoms with van der Waals surface area (Å²) < 4.78 is 10.9. The van der Waals surface area contributed by atoms with Crippen molar-refractivity contribution in [1.82, 2.24) is 0 Å². The first-order chi connectivity index (χ1) is 10.4. The van der Waals surface area contributed by atoms with Gasteiger partial charge in [-0.2, -0.15) is 0 Å². The molecular formula is C17H22O4S. The number of carbonyl (C=O) groups is 2. The van der Waals surface area contributed by atoms with E-state index >= 15 is 0 Å². The van der Waals surface area contributed by atoms with Gasteiger partial charge in [-0.3, -0.25) is 0 Å². The van der Waals surface area contributed by atoms with E-state index in [-0.39, 0.29) is 5.57 Å². The van der Waals surface area contributed by atoms with Gasteiger partial charge in [-0.05, 0) is 51.0 Å². The van der Waals surface area contributed by atoms with E-state index in [4.69, 9.17) is 9.47 Å². The van der Waals surface area contributed by atoms with Crippen LogP contribution in [-0.4, -0.2) is 18.0 Å². The summed E-state index contributed by atoms with van der Waals surface area (Å²) in [6.07, 6.45) is 3.94. The van der Waals surface area contributed by atoms with Crippen molar-refractivity contribution in [1.29, 1.82) is 0 Å². The van der Waals surface area contributed by atoms with Crippen molar-refractivity contribution in [3.05, 3.63) is 34.5 Å². The third-order valence-corrected chi connectivity index (χ3v) is 4.95. The van der Waals surface area contributed by atoms with E-state index in [1.54, 1.807) is 18.3 Å². The highest BCUT2D eigenvalue weighted by Crippen LogP contribution is 2.42. The van der Waals surface area contributed by atoms with Crippen molar-refractivity contribution in [3.63, 3.8) is 0 Å². The van der Waals surface area contributed by atoms with Crippen LogP contribution in [0.5, 0.6) is 0 Å². The first-order valence-electron chi connectivity index (χ1n) is 7.58. The highest BCUT2D eigenvalue weighted by molar-refractivity contribution is 7.10. The summed E-state index contributed by atoms with van der Waals surface area (Å²) in [5.41, 5.74) is -0.293. The van der Waals surface area contributed by atoms with Gasteiger partial charge in [0.25, 0.3) is 0 Å². The molecule has 1 atom stereocenters. The van der Waals surface area contributed by atoms with E-state index in [0.29, 0.717) is 0 Å². The van der Waals surface area contributed by atoms with E-state index in [0.717, 1.165) is 37.0 Å². The van der Waals surface area contributed by atoms with E-state index in [1.807, 2.05) is 17.5 Å². The van der Waals surface area contributed by atoms with Gasteiger partial charge in [0.1, 0.15) is 5.60 Å². The Kier molecular flexibility index (Phi) is 5.40. The van der Waals surface area contributed by atoms with Crippen LogP contribution < -0.4 is 0 Å². The molecule has 0 amide bonds. The Balaban J connectivity index is 2.09. The molecule has 1 aliphatic rings. The van der Waals surface area contributed by atoms with Crippen LogP contribution >= 0.6 is 11.3 Å². The molecule has 1 heterocycles. The second kappa shape index (κ2) is 7.09. The number of hydrogen-bond donors (Lipinski definition) is 0. The Hall–Kier alpha value is -1.62. The zero-order chi connectivity index (χ0) is 16.2. The van der Waals surface area contributed by atoms with Crippen LogP contribution in [0, 0.1) is 0 Å². The molecule has 4 nitrogen and oxygen atoms in total. The molecule has 1 saturated carbocycles. The Morgan fingerprint density at radius 1 is 1.32 bits per heavy atom. The van der Waals surface area contributed by atoms with E-state index in [1.165, 1.54) is 6.92 Å². The maximum absolute atomic E-state index is 12.3. The summed E-state index contributed by atoms with van der Waals surface area (Å²) in [5.74, 6) is -1.07. The van der Waals surface area contributed by atoms with Crippen molar-refractivity contribution in [2.45, 2.75) is 57.7 Å². The number of rotatable bonds is 5. The quantitative estimate of drug-likeness (QED) is 0.608. The Morgan fingerprint density at radius 2 is 2.00 bits per heavy atom. The average molecular weight is 322 g/mol. The standard InChI is InChI=1S/C17H22O4S/c1-12(2)15(18)20-13(3)16(19)21-17(9-5-4-6-10-17)14-8-7-11-22-14/h7-8,11,13H,1,4-6,9-10H2,2-3H3. The highest BCUT2D eigenvalue weighted by Gasteiger charge is 2.40. The van der Waals surface area contributed by atoms with E-state index in [9.17, 15) is 9.59 Å². The molecule has 1 fully saturated rings. The topological polar surface area (TPSA) is 52.6 Å². The minimum Gasteiger partial charge on any atom is -0.451 e.